The quantitative estimate of drug-likeness (QED) is 0.853. The Morgan fingerprint density at radius 2 is 1.96 bits per heavy atom. The van der Waals surface area contributed by atoms with Crippen molar-refractivity contribution in [1.82, 2.24) is 14.7 Å². The van der Waals surface area contributed by atoms with Crippen LogP contribution >= 0.6 is 11.6 Å². The minimum Gasteiger partial charge on any atom is -0.370 e. The molecule has 1 aromatic carbocycles. The van der Waals surface area contributed by atoms with E-state index in [9.17, 15) is 9.59 Å². The van der Waals surface area contributed by atoms with Gasteiger partial charge in [0.25, 0.3) is 5.91 Å². The lowest BCUT2D eigenvalue weighted by atomic mass is 9.93. The highest BCUT2D eigenvalue weighted by atomic mass is 35.5. The van der Waals surface area contributed by atoms with E-state index in [-0.39, 0.29) is 11.8 Å². The molecule has 0 spiro atoms. The maximum atomic E-state index is 12.8. The van der Waals surface area contributed by atoms with Crippen molar-refractivity contribution >= 4 is 23.4 Å². The number of amides is 2. The molecule has 27 heavy (non-hydrogen) atoms. The molecule has 2 amide bonds. The van der Waals surface area contributed by atoms with Gasteiger partial charge in [-0.1, -0.05) is 11.6 Å². The van der Waals surface area contributed by atoms with Crippen molar-refractivity contribution in [2.75, 3.05) is 13.1 Å². The Morgan fingerprint density at radius 1 is 1.26 bits per heavy atom. The summed E-state index contributed by atoms with van der Waals surface area (Å²) in [7, 11) is 0. The fourth-order valence-corrected chi connectivity index (χ4v) is 3.75. The lowest BCUT2D eigenvalue weighted by molar-refractivity contribution is -0.118. The molecule has 3 rings (SSSR count). The zero-order chi connectivity index (χ0) is 19.6. The van der Waals surface area contributed by atoms with Gasteiger partial charge in [0.2, 0.25) is 5.91 Å². The smallest absolute Gasteiger partial charge is 0.253 e. The van der Waals surface area contributed by atoms with E-state index in [0.717, 1.165) is 42.9 Å². The van der Waals surface area contributed by atoms with Crippen LogP contribution in [-0.4, -0.2) is 39.6 Å². The van der Waals surface area contributed by atoms with Crippen LogP contribution in [0.15, 0.2) is 24.3 Å². The molecule has 1 aliphatic rings. The molecule has 0 aliphatic carbocycles. The zero-order valence-electron chi connectivity index (χ0n) is 15.7. The highest BCUT2D eigenvalue weighted by Gasteiger charge is 2.24. The average Bonchev–Trinajstić information content (AvgIpc) is 2.93. The number of hydrogen-bond acceptors (Lipinski definition) is 3. The number of nitrogens with two attached hydrogens (primary N) is 1. The molecule has 2 aromatic rings. The number of nitrogens with zero attached hydrogens (tertiary/aromatic N) is 3. The number of halogens is 1. The van der Waals surface area contributed by atoms with Gasteiger partial charge in [-0.15, -0.1) is 0 Å². The highest BCUT2D eigenvalue weighted by Crippen LogP contribution is 2.24. The first-order valence-corrected chi connectivity index (χ1v) is 9.64. The van der Waals surface area contributed by atoms with Gasteiger partial charge in [-0.05, 0) is 63.3 Å². The number of benzene rings is 1. The van der Waals surface area contributed by atoms with Crippen molar-refractivity contribution in [1.29, 1.82) is 0 Å². The molecule has 1 aliphatic heterocycles. The largest absolute Gasteiger partial charge is 0.370 e. The molecule has 1 aromatic heterocycles. The van der Waals surface area contributed by atoms with E-state index < -0.39 is 0 Å². The Morgan fingerprint density at radius 3 is 2.56 bits per heavy atom. The number of carbonyl (C=O) groups excluding carboxylic acids is 2. The van der Waals surface area contributed by atoms with Crippen LogP contribution in [0.5, 0.6) is 0 Å². The Labute approximate surface area is 164 Å². The van der Waals surface area contributed by atoms with Crippen molar-refractivity contribution < 1.29 is 9.59 Å². The first-order valence-electron chi connectivity index (χ1n) is 9.26. The number of rotatable bonds is 5. The van der Waals surface area contributed by atoms with Gasteiger partial charge >= 0.3 is 0 Å². The number of aromatic nitrogens is 2. The van der Waals surface area contributed by atoms with Crippen molar-refractivity contribution in [2.24, 2.45) is 11.7 Å². The van der Waals surface area contributed by atoms with Crippen molar-refractivity contribution in [2.45, 2.75) is 39.5 Å². The van der Waals surface area contributed by atoms with E-state index in [0.29, 0.717) is 29.5 Å². The first kappa shape index (κ1) is 19.4. The van der Waals surface area contributed by atoms with Crippen LogP contribution in [0.25, 0.3) is 5.69 Å². The van der Waals surface area contributed by atoms with Crippen LogP contribution < -0.4 is 5.73 Å². The summed E-state index contributed by atoms with van der Waals surface area (Å²) < 4.78 is 1.78. The third-order valence-electron chi connectivity index (χ3n) is 5.17. The summed E-state index contributed by atoms with van der Waals surface area (Å²) in [5.41, 5.74) is 8.43. The fraction of sp³-hybridized carbons (Fsp3) is 0.450. The predicted molar refractivity (Wildman–Crippen MR) is 105 cm³/mol. The Balaban J connectivity index is 1.70. The maximum Gasteiger partial charge on any atom is 0.253 e. The Bertz CT molecular complexity index is 844. The summed E-state index contributed by atoms with van der Waals surface area (Å²) in [5, 5.41) is 5.10. The second kappa shape index (κ2) is 8.13. The summed E-state index contributed by atoms with van der Waals surface area (Å²) in [6, 6.07) is 7.43. The van der Waals surface area contributed by atoms with Gasteiger partial charge in [-0.25, -0.2) is 4.68 Å². The summed E-state index contributed by atoms with van der Waals surface area (Å²) in [4.78, 5) is 25.7. The fourth-order valence-electron chi connectivity index (χ4n) is 3.63. The first-order chi connectivity index (χ1) is 12.9. The molecule has 1 unspecified atom stereocenters. The number of piperidine rings is 1. The van der Waals surface area contributed by atoms with Crippen molar-refractivity contribution in [3.8, 4) is 5.69 Å². The molecule has 2 N–H and O–H groups in total. The Kier molecular flexibility index (Phi) is 5.85. The summed E-state index contributed by atoms with van der Waals surface area (Å²) in [5.74, 6) is 0.0846. The van der Waals surface area contributed by atoms with Gasteiger partial charge in [-0.3, -0.25) is 9.59 Å². The molecule has 0 radical (unpaired) electrons. The van der Waals surface area contributed by atoms with Crippen LogP contribution in [-0.2, 0) is 4.79 Å². The summed E-state index contributed by atoms with van der Waals surface area (Å²) in [6.45, 7) is 5.22. The van der Waals surface area contributed by atoms with Gasteiger partial charge < -0.3 is 10.6 Å². The van der Waals surface area contributed by atoms with Crippen molar-refractivity contribution in [3.05, 3.63) is 46.2 Å². The van der Waals surface area contributed by atoms with Gasteiger partial charge in [0.15, 0.2) is 0 Å². The van der Waals surface area contributed by atoms with Gasteiger partial charge in [0, 0.05) is 25.1 Å². The third kappa shape index (κ3) is 4.33. The molecule has 0 bridgehead atoms. The van der Waals surface area contributed by atoms with Crippen LogP contribution in [0.2, 0.25) is 5.02 Å². The van der Waals surface area contributed by atoms with E-state index >= 15 is 0 Å². The minimum atomic E-state index is -0.279. The predicted octanol–water partition coefficient (Wildman–Crippen LogP) is 3.26. The normalized spacial score (nSPS) is 17.1. The van der Waals surface area contributed by atoms with E-state index in [2.05, 4.69) is 5.10 Å². The summed E-state index contributed by atoms with van der Waals surface area (Å²) in [6.07, 6.45) is 3.12. The monoisotopic (exact) mass is 388 g/mol. The molecular weight excluding hydrogens is 364 g/mol. The topological polar surface area (TPSA) is 81.2 Å². The highest BCUT2D eigenvalue weighted by molar-refractivity contribution is 6.31. The number of carbonyl (C=O) groups is 2. The van der Waals surface area contributed by atoms with Crippen molar-refractivity contribution in [3.63, 3.8) is 0 Å². The van der Waals surface area contributed by atoms with E-state index in [1.807, 2.05) is 43.0 Å². The number of likely N-dealkylation sites (tertiary alicyclic amines) is 1. The number of aryl methyl sites for hydroxylation is 1. The average molecular weight is 389 g/mol. The Hall–Kier alpha value is -2.34. The van der Waals surface area contributed by atoms with Crippen LogP contribution in [0.4, 0.5) is 0 Å². The molecule has 1 atom stereocenters. The lowest BCUT2D eigenvalue weighted by Crippen LogP contribution is -2.40. The van der Waals surface area contributed by atoms with Crippen LogP contribution in [0.1, 0.15) is 47.4 Å². The van der Waals surface area contributed by atoms with Crippen LogP contribution in [0.3, 0.4) is 0 Å². The zero-order valence-corrected chi connectivity index (χ0v) is 16.5. The number of primary amides is 1. The molecule has 1 saturated heterocycles. The second-order valence-corrected chi connectivity index (χ2v) is 7.59. The molecule has 0 saturated carbocycles. The standard InChI is InChI=1S/C20H25ClN4O2/c1-13-19(21)14(2)25(23-13)17-8-6-16(7-9-17)20(27)24-11-3-4-15(12-24)5-10-18(22)26/h6-9,15H,3-5,10-12H2,1-2H3,(H2,22,26). The molecule has 144 valence electrons. The van der Waals surface area contributed by atoms with E-state index in [4.69, 9.17) is 17.3 Å². The minimum absolute atomic E-state index is 0.0247. The van der Waals surface area contributed by atoms with Gasteiger partial charge in [-0.2, -0.15) is 5.10 Å². The molecular formula is C20H25ClN4O2. The number of hydrogen-bond donors (Lipinski definition) is 1. The second-order valence-electron chi connectivity index (χ2n) is 7.21. The molecule has 1 fully saturated rings. The van der Waals surface area contributed by atoms with Gasteiger partial charge in [0.1, 0.15) is 0 Å². The van der Waals surface area contributed by atoms with E-state index in [1.54, 1.807) is 4.68 Å². The third-order valence-corrected chi connectivity index (χ3v) is 5.71. The van der Waals surface area contributed by atoms with E-state index in [1.165, 1.54) is 0 Å². The molecule has 6 nitrogen and oxygen atoms in total. The molecule has 7 heteroatoms. The van der Waals surface area contributed by atoms with Gasteiger partial charge in [0.05, 0.1) is 22.1 Å². The molecule has 2 heterocycles. The maximum absolute atomic E-state index is 12.8. The summed E-state index contributed by atoms with van der Waals surface area (Å²) >= 11 is 6.22. The lowest BCUT2D eigenvalue weighted by Gasteiger charge is -2.32. The van der Waals surface area contributed by atoms with Crippen LogP contribution in [0, 0.1) is 19.8 Å². The SMILES string of the molecule is Cc1nn(-c2ccc(C(=O)N3CCCC(CCC(N)=O)C3)cc2)c(C)c1Cl.